The maximum Gasteiger partial charge on any atom is 0.419 e. The molecule has 1 fully saturated rings. The lowest BCUT2D eigenvalue weighted by molar-refractivity contribution is -0.133. The molecule has 1 saturated heterocycles. The van der Waals surface area contributed by atoms with Gasteiger partial charge in [0.05, 0.1) is 11.8 Å². The van der Waals surface area contributed by atoms with Crippen LogP contribution >= 0.6 is 0 Å². The second kappa shape index (κ2) is 9.00. The van der Waals surface area contributed by atoms with Gasteiger partial charge in [-0.1, -0.05) is 12.1 Å². The molecule has 0 bridgehead atoms. The average Bonchev–Trinajstić information content (AvgIpc) is 3.40. The molecule has 158 valence electrons. The van der Waals surface area contributed by atoms with Gasteiger partial charge in [0.1, 0.15) is 0 Å². The summed E-state index contributed by atoms with van der Waals surface area (Å²) in [6.07, 6.45) is 1.72. The van der Waals surface area contributed by atoms with Crippen LogP contribution in [0.1, 0.15) is 17.0 Å². The molecule has 2 amide bonds. The van der Waals surface area contributed by atoms with Gasteiger partial charge in [-0.3, -0.25) is 19.1 Å². The maximum absolute atomic E-state index is 12.6. The first-order valence-corrected chi connectivity index (χ1v) is 10.0. The number of oxazole rings is 1. The molecule has 3 heterocycles. The fourth-order valence-electron chi connectivity index (χ4n) is 3.63. The summed E-state index contributed by atoms with van der Waals surface area (Å²) in [5.74, 6) is -0.339. The molecule has 0 unspecified atom stereocenters. The summed E-state index contributed by atoms with van der Waals surface area (Å²) >= 11 is 0. The van der Waals surface area contributed by atoms with E-state index in [1.54, 1.807) is 18.2 Å². The number of nitrogens with one attached hydrogen (secondary N) is 1. The van der Waals surface area contributed by atoms with E-state index in [9.17, 15) is 14.4 Å². The summed E-state index contributed by atoms with van der Waals surface area (Å²) in [4.78, 5) is 40.5. The summed E-state index contributed by atoms with van der Waals surface area (Å²) in [7, 11) is 0. The maximum atomic E-state index is 12.6. The molecular weight excluding hydrogens is 388 g/mol. The highest BCUT2D eigenvalue weighted by Gasteiger charge is 2.21. The van der Waals surface area contributed by atoms with Gasteiger partial charge in [0.15, 0.2) is 11.3 Å². The van der Waals surface area contributed by atoms with Crippen LogP contribution in [0.3, 0.4) is 0 Å². The Hall–Kier alpha value is -3.33. The van der Waals surface area contributed by atoms with Gasteiger partial charge in [-0.2, -0.15) is 0 Å². The lowest BCUT2D eigenvalue weighted by Gasteiger charge is -2.34. The number of hydrogen-bond acceptors (Lipinski definition) is 6. The van der Waals surface area contributed by atoms with Gasteiger partial charge < -0.3 is 19.1 Å². The van der Waals surface area contributed by atoms with Crippen molar-refractivity contribution >= 4 is 22.9 Å². The number of fused-ring (bicyclic) bond motifs is 1. The van der Waals surface area contributed by atoms with Crippen molar-refractivity contribution in [1.82, 2.24) is 19.7 Å². The molecule has 1 N–H and O–H groups in total. The predicted molar refractivity (Wildman–Crippen MR) is 109 cm³/mol. The van der Waals surface area contributed by atoms with E-state index >= 15 is 0 Å². The molecule has 0 spiro atoms. The number of benzene rings is 1. The highest BCUT2D eigenvalue weighted by molar-refractivity contribution is 5.91. The van der Waals surface area contributed by atoms with E-state index in [-0.39, 0.29) is 18.2 Å². The Morgan fingerprint density at radius 3 is 2.57 bits per heavy atom. The van der Waals surface area contributed by atoms with E-state index in [2.05, 4.69) is 10.2 Å². The van der Waals surface area contributed by atoms with E-state index in [0.29, 0.717) is 49.6 Å². The zero-order valence-electron chi connectivity index (χ0n) is 16.6. The number of hydrogen-bond donors (Lipinski definition) is 1. The Morgan fingerprint density at radius 2 is 1.80 bits per heavy atom. The number of rotatable bonds is 7. The van der Waals surface area contributed by atoms with Gasteiger partial charge in [0, 0.05) is 52.2 Å². The number of piperazine rings is 1. The summed E-state index contributed by atoms with van der Waals surface area (Å²) in [6.45, 7) is 4.29. The Labute approximate surface area is 172 Å². The fourth-order valence-corrected chi connectivity index (χ4v) is 3.63. The van der Waals surface area contributed by atoms with E-state index in [1.807, 2.05) is 23.1 Å². The van der Waals surface area contributed by atoms with Crippen molar-refractivity contribution in [2.45, 2.75) is 13.0 Å². The molecule has 3 aromatic rings. The molecule has 1 aromatic carbocycles. The van der Waals surface area contributed by atoms with Gasteiger partial charge in [0.2, 0.25) is 5.91 Å². The van der Waals surface area contributed by atoms with Crippen LogP contribution in [0.5, 0.6) is 0 Å². The highest BCUT2D eigenvalue weighted by atomic mass is 16.4. The molecule has 1 aliphatic rings. The topological polar surface area (TPSA) is 101 Å². The number of nitrogens with zero attached hydrogens (tertiary/aromatic N) is 3. The Kier molecular flexibility index (Phi) is 5.99. The van der Waals surface area contributed by atoms with Crippen molar-refractivity contribution in [1.29, 1.82) is 0 Å². The zero-order valence-corrected chi connectivity index (χ0v) is 16.6. The quantitative estimate of drug-likeness (QED) is 0.625. The van der Waals surface area contributed by atoms with Crippen LogP contribution in [0.4, 0.5) is 0 Å². The average molecular weight is 412 g/mol. The number of para-hydroxylation sites is 2. The molecule has 0 aliphatic carbocycles. The summed E-state index contributed by atoms with van der Waals surface area (Å²) in [5.41, 5.74) is 1.24. The minimum atomic E-state index is -0.439. The van der Waals surface area contributed by atoms with Crippen molar-refractivity contribution in [2.75, 3.05) is 39.3 Å². The second-order valence-corrected chi connectivity index (χ2v) is 7.19. The van der Waals surface area contributed by atoms with Crippen molar-refractivity contribution < 1.29 is 18.4 Å². The minimum Gasteiger partial charge on any atom is -0.459 e. The third kappa shape index (κ3) is 4.46. The van der Waals surface area contributed by atoms with Gasteiger partial charge in [-0.15, -0.1) is 0 Å². The molecule has 9 heteroatoms. The van der Waals surface area contributed by atoms with E-state index < -0.39 is 5.76 Å². The zero-order chi connectivity index (χ0) is 20.9. The van der Waals surface area contributed by atoms with Crippen molar-refractivity contribution in [3.05, 3.63) is 59.0 Å². The standard InChI is InChI=1S/C21H24N4O5/c26-19(7-9-25-16-4-1-2-5-17(16)30-21(25)28)24-13-11-23(12-14-24)10-8-22-20(27)18-6-3-15-29-18/h1-6,15H,7-14H2,(H,22,27). The van der Waals surface area contributed by atoms with Crippen molar-refractivity contribution in [3.63, 3.8) is 0 Å². The largest absolute Gasteiger partial charge is 0.459 e. The van der Waals surface area contributed by atoms with Crippen molar-refractivity contribution in [2.24, 2.45) is 0 Å². The molecular formula is C21H24N4O5. The first-order chi connectivity index (χ1) is 14.6. The molecule has 0 saturated carbocycles. The molecule has 9 nitrogen and oxygen atoms in total. The number of aryl methyl sites for hydroxylation is 1. The van der Waals surface area contributed by atoms with Gasteiger partial charge in [-0.25, -0.2) is 4.79 Å². The summed E-state index contributed by atoms with van der Waals surface area (Å²) < 4.78 is 11.8. The van der Waals surface area contributed by atoms with Crippen LogP contribution in [0.25, 0.3) is 11.1 Å². The van der Waals surface area contributed by atoms with Crippen LogP contribution in [0.2, 0.25) is 0 Å². The summed E-state index contributed by atoms with van der Waals surface area (Å²) in [6, 6.07) is 10.5. The lowest BCUT2D eigenvalue weighted by atomic mass is 10.2. The van der Waals surface area contributed by atoms with E-state index in [0.717, 1.165) is 13.1 Å². The van der Waals surface area contributed by atoms with E-state index in [1.165, 1.54) is 10.8 Å². The highest BCUT2D eigenvalue weighted by Crippen LogP contribution is 2.13. The normalized spacial score (nSPS) is 14.9. The SMILES string of the molecule is O=C(NCCN1CCN(C(=O)CCn2c(=O)oc3ccccc32)CC1)c1ccco1. The van der Waals surface area contributed by atoms with Gasteiger partial charge >= 0.3 is 5.76 Å². The second-order valence-electron chi connectivity index (χ2n) is 7.19. The molecule has 0 radical (unpaired) electrons. The molecule has 0 atom stereocenters. The predicted octanol–water partition coefficient (Wildman–Crippen LogP) is 1.15. The number of amides is 2. The minimum absolute atomic E-state index is 0.0259. The molecule has 4 rings (SSSR count). The van der Waals surface area contributed by atoms with Crippen LogP contribution in [0.15, 0.2) is 56.3 Å². The first kappa shape index (κ1) is 20.0. The number of aromatic nitrogens is 1. The number of carbonyl (C=O) groups is 2. The molecule has 2 aromatic heterocycles. The van der Waals surface area contributed by atoms with Crippen LogP contribution < -0.4 is 11.1 Å². The Bertz CT molecular complexity index is 1060. The lowest BCUT2D eigenvalue weighted by Crippen LogP contribution is -2.50. The van der Waals surface area contributed by atoms with Crippen LogP contribution in [-0.4, -0.2) is 65.4 Å². The monoisotopic (exact) mass is 412 g/mol. The van der Waals surface area contributed by atoms with E-state index in [4.69, 9.17) is 8.83 Å². The number of furan rings is 1. The summed E-state index contributed by atoms with van der Waals surface area (Å²) in [5, 5.41) is 2.83. The molecule has 30 heavy (non-hydrogen) atoms. The molecule has 1 aliphatic heterocycles. The third-order valence-electron chi connectivity index (χ3n) is 5.31. The van der Waals surface area contributed by atoms with Crippen LogP contribution in [0, 0.1) is 0 Å². The van der Waals surface area contributed by atoms with Crippen molar-refractivity contribution in [3.8, 4) is 0 Å². The smallest absolute Gasteiger partial charge is 0.419 e. The fraction of sp³-hybridized carbons (Fsp3) is 0.381. The Balaban J connectivity index is 1.20. The third-order valence-corrected chi connectivity index (χ3v) is 5.31. The first-order valence-electron chi connectivity index (χ1n) is 10.0. The van der Waals surface area contributed by atoms with Gasteiger partial charge in [-0.05, 0) is 24.3 Å². The van der Waals surface area contributed by atoms with Gasteiger partial charge in [0.25, 0.3) is 5.91 Å². The Morgan fingerprint density at radius 1 is 1.00 bits per heavy atom. The van der Waals surface area contributed by atoms with Crippen LogP contribution in [-0.2, 0) is 11.3 Å². The number of carbonyl (C=O) groups excluding carboxylic acids is 2.